The van der Waals surface area contributed by atoms with E-state index in [0.29, 0.717) is 0 Å². The maximum atomic E-state index is 10.7. The van der Waals surface area contributed by atoms with Crippen LogP contribution in [0.3, 0.4) is 0 Å². The van der Waals surface area contributed by atoms with Gasteiger partial charge in [-0.3, -0.25) is 9.59 Å². The number of carboxylic acids is 2. The molecular weight excluding hydrogens is 196 g/mol. The van der Waals surface area contributed by atoms with E-state index in [2.05, 4.69) is 4.74 Å². The first kappa shape index (κ1) is 12.4. The normalized spacial score (nSPS) is 14.1. The van der Waals surface area contributed by atoms with E-state index < -0.39 is 36.4 Å². The molecule has 80 valence electrons. The molecule has 0 aliphatic rings. The highest BCUT2D eigenvalue weighted by Gasteiger charge is 2.34. The highest BCUT2D eigenvalue weighted by molar-refractivity contribution is 5.85. The van der Waals surface area contributed by atoms with Gasteiger partial charge in [-0.25, -0.2) is 4.79 Å². The summed E-state index contributed by atoms with van der Waals surface area (Å²) in [5.74, 6) is -5.84. The minimum atomic E-state index is -2.12. The second-order valence-electron chi connectivity index (χ2n) is 2.51. The third-order valence-electron chi connectivity index (χ3n) is 1.57. The van der Waals surface area contributed by atoms with E-state index in [9.17, 15) is 14.4 Å². The van der Waals surface area contributed by atoms with Crippen molar-refractivity contribution >= 4 is 17.9 Å². The lowest BCUT2D eigenvalue weighted by molar-refractivity contribution is -0.162. The van der Waals surface area contributed by atoms with Gasteiger partial charge in [-0.15, -0.1) is 0 Å². The SMILES string of the molecule is COC(=O)CC(C(=O)O)C(O)C(=O)O. The fourth-order valence-corrected chi connectivity index (χ4v) is 0.769. The quantitative estimate of drug-likeness (QED) is 0.477. The summed E-state index contributed by atoms with van der Waals surface area (Å²) in [5, 5.41) is 25.7. The average Bonchev–Trinajstić information content (AvgIpc) is 2.11. The van der Waals surface area contributed by atoms with Crippen LogP contribution < -0.4 is 0 Å². The van der Waals surface area contributed by atoms with Crippen LogP contribution in [0.15, 0.2) is 0 Å². The maximum absolute atomic E-state index is 10.7. The summed E-state index contributed by atoms with van der Waals surface area (Å²) in [6, 6.07) is 0. The van der Waals surface area contributed by atoms with E-state index in [-0.39, 0.29) is 0 Å². The van der Waals surface area contributed by atoms with E-state index in [1.165, 1.54) is 0 Å². The third kappa shape index (κ3) is 3.40. The summed E-state index contributed by atoms with van der Waals surface area (Å²) in [5.41, 5.74) is 0. The molecule has 3 N–H and O–H groups in total. The van der Waals surface area contributed by atoms with Gasteiger partial charge in [0.05, 0.1) is 13.5 Å². The summed E-state index contributed by atoms with van der Waals surface area (Å²) < 4.78 is 4.15. The number of carboxylic acid groups (broad SMARTS) is 2. The topological polar surface area (TPSA) is 121 Å². The zero-order valence-corrected chi connectivity index (χ0v) is 7.34. The Bertz CT molecular complexity index is 246. The number of carbonyl (C=O) groups is 3. The van der Waals surface area contributed by atoms with E-state index >= 15 is 0 Å². The molecule has 0 saturated carbocycles. The van der Waals surface area contributed by atoms with Crippen LogP contribution in [-0.2, 0) is 19.1 Å². The second kappa shape index (κ2) is 5.18. The first-order valence-electron chi connectivity index (χ1n) is 3.60. The van der Waals surface area contributed by atoms with E-state index in [4.69, 9.17) is 15.3 Å². The molecule has 0 rings (SSSR count). The van der Waals surface area contributed by atoms with Gasteiger partial charge >= 0.3 is 17.9 Å². The number of rotatable bonds is 5. The number of esters is 1. The molecule has 0 aliphatic heterocycles. The van der Waals surface area contributed by atoms with Crippen LogP contribution in [0.2, 0.25) is 0 Å². The number of ether oxygens (including phenoxy) is 1. The van der Waals surface area contributed by atoms with Crippen LogP contribution in [0.5, 0.6) is 0 Å². The molecular formula is C7H10O7. The molecule has 0 aromatic rings. The summed E-state index contributed by atoms with van der Waals surface area (Å²) in [7, 11) is 1.04. The summed E-state index contributed by atoms with van der Waals surface area (Å²) >= 11 is 0. The molecule has 0 aromatic carbocycles. The zero-order chi connectivity index (χ0) is 11.3. The summed E-state index contributed by atoms with van der Waals surface area (Å²) in [4.78, 5) is 31.4. The Balaban J connectivity index is 4.52. The van der Waals surface area contributed by atoms with Crippen LogP contribution in [-0.4, -0.2) is 46.4 Å². The van der Waals surface area contributed by atoms with Crippen molar-refractivity contribution in [2.24, 2.45) is 5.92 Å². The molecule has 0 heterocycles. The highest BCUT2D eigenvalue weighted by Crippen LogP contribution is 2.10. The van der Waals surface area contributed by atoms with Crippen molar-refractivity contribution in [3.8, 4) is 0 Å². The number of aliphatic hydroxyl groups is 1. The predicted octanol–water partition coefficient (Wildman–Crippen LogP) is -1.30. The molecule has 14 heavy (non-hydrogen) atoms. The standard InChI is InChI=1S/C7H10O7/c1-14-4(8)2-3(6(10)11)5(9)7(12)13/h3,5,9H,2H2,1H3,(H,10,11)(H,12,13). The fraction of sp³-hybridized carbons (Fsp3) is 0.571. The Labute approximate surface area is 78.9 Å². The van der Waals surface area contributed by atoms with Crippen molar-refractivity contribution in [1.29, 1.82) is 0 Å². The van der Waals surface area contributed by atoms with Gasteiger partial charge in [0, 0.05) is 0 Å². The minimum absolute atomic E-state index is 0.681. The Morgan fingerprint density at radius 2 is 1.71 bits per heavy atom. The van der Waals surface area contributed by atoms with Crippen LogP contribution in [0.1, 0.15) is 6.42 Å². The van der Waals surface area contributed by atoms with Crippen molar-refractivity contribution < 1.29 is 34.4 Å². The van der Waals surface area contributed by atoms with Gasteiger partial charge in [0.1, 0.15) is 5.92 Å². The molecule has 0 bridgehead atoms. The third-order valence-corrected chi connectivity index (χ3v) is 1.57. The second-order valence-corrected chi connectivity index (χ2v) is 2.51. The van der Waals surface area contributed by atoms with Gasteiger partial charge in [0.2, 0.25) is 0 Å². The van der Waals surface area contributed by atoms with E-state index in [1.807, 2.05) is 0 Å². The number of hydrogen-bond acceptors (Lipinski definition) is 5. The molecule has 0 fully saturated rings. The maximum Gasteiger partial charge on any atom is 0.333 e. The van der Waals surface area contributed by atoms with E-state index in [0.717, 1.165) is 7.11 Å². The van der Waals surface area contributed by atoms with Crippen LogP contribution in [0, 0.1) is 5.92 Å². The van der Waals surface area contributed by atoms with Crippen LogP contribution in [0.25, 0.3) is 0 Å². The first-order valence-corrected chi connectivity index (χ1v) is 3.60. The molecule has 0 aliphatic carbocycles. The van der Waals surface area contributed by atoms with Gasteiger partial charge in [0.25, 0.3) is 0 Å². The Kier molecular flexibility index (Phi) is 4.57. The molecule has 0 radical (unpaired) electrons. The number of hydrogen-bond donors (Lipinski definition) is 3. The molecule has 0 amide bonds. The Hall–Kier alpha value is -1.63. The predicted molar refractivity (Wildman–Crippen MR) is 41.4 cm³/mol. The van der Waals surface area contributed by atoms with Gasteiger partial charge in [-0.1, -0.05) is 0 Å². The van der Waals surface area contributed by atoms with Crippen molar-refractivity contribution in [2.45, 2.75) is 12.5 Å². The lowest BCUT2D eigenvalue weighted by atomic mass is 9.99. The monoisotopic (exact) mass is 206 g/mol. The number of carbonyl (C=O) groups excluding carboxylic acids is 1. The van der Waals surface area contributed by atoms with Crippen molar-refractivity contribution in [2.75, 3.05) is 7.11 Å². The zero-order valence-electron chi connectivity index (χ0n) is 7.34. The first-order chi connectivity index (χ1) is 6.40. The molecule has 7 heteroatoms. The lowest BCUT2D eigenvalue weighted by Crippen LogP contribution is -2.36. The molecule has 7 nitrogen and oxygen atoms in total. The van der Waals surface area contributed by atoms with Crippen molar-refractivity contribution in [3.63, 3.8) is 0 Å². The Morgan fingerprint density at radius 1 is 1.21 bits per heavy atom. The highest BCUT2D eigenvalue weighted by atomic mass is 16.5. The molecule has 2 unspecified atom stereocenters. The number of methoxy groups -OCH3 is 1. The summed E-state index contributed by atoms with van der Waals surface area (Å²) in [6.45, 7) is 0. The fourth-order valence-electron chi connectivity index (χ4n) is 0.769. The van der Waals surface area contributed by atoms with Crippen LogP contribution >= 0.6 is 0 Å². The summed E-state index contributed by atoms with van der Waals surface area (Å²) in [6.07, 6.45) is -2.80. The molecule has 2 atom stereocenters. The van der Waals surface area contributed by atoms with Gasteiger partial charge in [0.15, 0.2) is 6.10 Å². The Morgan fingerprint density at radius 3 is 2.00 bits per heavy atom. The van der Waals surface area contributed by atoms with Crippen LogP contribution in [0.4, 0.5) is 0 Å². The smallest absolute Gasteiger partial charge is 0.333 e. The van der Waals surface area contributed by atoms with Gasteiger partial charge < -0.3 is 20.1 Å². The minimum Gasteiger partial charge on any atom is -0.481 e. The average molecular weight is 206 g/mol. The molecule has 0 spiro atoms. The van der Waals surface area contributed by atoms with Gasteiger partial charge in [-0.2, -0.15) is 0 Å². The molecule has 0 saturated heterocycles. The van der Waals surface area contributed by atoms with Crippen molar-refractivity contribution in [3.05, 3.63) is 0 Å². The van der Waals surface area contributed by atoms with Crippen molar-refractivity contribution in [1.82, 2.24) is 0 Å². The van der Waals surface area contributed by atoms with E-state index in [1.54, 1.807) is 0 Å². The lowest BCUT2D eigenvalue weighted by Gasteiger charge is -2.13. The van der Waals surface area contributed by atoms with Gasteiger partial charge in [-0.05, 0) is 0 Å². The number of aliphatic hydroxyl groups excluding tert-OH is 1. The molecule has 0 aromatic heterocycles. The largest absolute Gasteiger partial charge is 0.481 e. The number of aliphatic carboxylic acids is 2.